The molecule has 1 saturated carbocycles. The molecule has 0 saturated heterocycles. The molecule has 98 valence electrons. The first-order valence-corrected chi connectivity index (χ1v) is 6.79. The third kappa shape index (κ3) is 2.74. The monoisotopic (exact) mass is 363 g/mol. The van der Waals surface area contributed by atoms with Crippen molar-refractivity contribution in [3.63, 3.8) is 0 Å². The van der Waals surface area contributed by atoms with Crippen LogP contribution < -0.4 is 4.74 Å². The minimum absolute atomic E-state index is 0.236. The van der Waals surface area contributed by atoms with Gasteiger partial charge in [0.2, 0.25) is 5.88 Å². The molecule has 1 heterocycles. The zero-order chi connectivity index (χ0) is 13.1. The topological polar surface area (TPSA) is 68.7 Å². The van der Waals surface area contributed by atoms with Crippen molar-refractivity contribution < 1.29 is 19.4 Å². The summed E-state index contributed by atoms with van der Waals surface area (Å²) in [6.07, 6.45) is 3.21. The van der Waals surface area contributed by atoms with E-state index in [1.165, 1.54) is 7.11 Å². The van der Waals surface area contributed by atoms with E-state index in [2.05, 4.69) is 4.98 Å². The predicted octanol–water partition coefficient (Wildman–Crippen LogP) is 1.77. The minimum Gasteiger partial charge on any atom is -0.471 e. The molecule has 1 aromatic rings. The molecular formula is C12H14INO4. The van der Waals surface area contributed by atoms with E-state index in [-0.39, 0.29) is 12.0 Å². The van der Waals surface area contributed by atoms with Crippen molar-refractivity contribution in [2.45, 2.75) is 31.5 Å². The molecule has 0 bridgehead atoms. The highest BCUT2D eigenvalue weighted by Crippen LogP contribution is 2.28. The lowest BCUT2D eigenvalue weighted by Crippen LogP contribution is -2.27. The van der Waals surface area contributed by atoms with Crippen LogP contribution in [0.5, 0.6) is 5.88 Å². The minimum atomic E-state index is -0.491. The van der Waals surface area contributed by atoms with Gasteiger partial charge in [0, 0.05) is 9.77 Å². The summed E-state index contributed by atoms with van der Waals surface area (Å²) in [6, 6.07) is 1.71. The van der Waals surface area contributed by atoms with Crippen LogP contribution in [0.1, 0.15) is 29.6 Å². The Kier molecular flexibility index (Phi) is 4.39. The van der Waals surface area contributed by atoms with Crippen molar-refractivity contribution in [2.75, 3.05) is 7.11 Å². The Morgan fingerprint density at radius 2 is 2.33 bits per heavy atom. The van der Waals surface area contributed by atoms with Gasteiger partial charge in [0.05, 0.1) is 13.2 Å². The number of esters is 1. The molecule has 1 aliphatic carbocycles. The average Bonchev–Trinajstić information content (AvgIpc) is 2.74. The number of hydrogen-bond acceptors (Lipinski definition) is 5. The van der Waals surface area contributed by atoms with Crippen LogP contribution in [0.25, 0.3) is 0 Å². The first kappa shape index (κ1) is 13.5. The van der Waals surface area contributed by atoms with Crippen LogP contribution in [0.4, 0.5) is 0 Å². The highest BCUT2D eigenvalue weighted by molar-refractivity contribution is 14.1. The van der Waals surface area contributed by atoms with E-state index in [0.29, 0.717) is 5.56 Å². The molecule has 2 atom stereocenters. The van der Waals surface area contributed by atoms with Crippen molar-refractivity contribution >= 4 is 28.6 Å². The number of aromatic nitrogens is 1. The number of aliphatic hydroxyl groups is 1. The SMILES string of the molecule is COC(=O)c1c(I)ccnc1OC1CCCC1O. The van der Waals surface area contributed by atoms with Crippen molar-refractivity contribution in [3.8, 4) is 5.88 Å². The third-order valence-electron chi connectivity index (χ3n) is 2.94. The third-order valence-corrected chi connectivity index (χ3v) is 3.83. The summed E-state index contributed by atoms with van der Waals surface area (Å²) in [7, 11) is 1.32. The van der Waals surface area contributed by atoms with Crippen LogP contribution in [-0.4, -0.2) is 35.4 Å². The summed E-state index contributed by atoms with van der Waals surface area (Å²) >= 11 is 2.03. The summed E-state index contributed by atoms with van der Waals surface area (Å²) in [5, 5.41) is 9.74. The Morgan fingerprint density at radius 1 is 1.56 bits per heavy atom. The van der Waals surface area contributed by atoms with Gasteiger partial charge in [-0.25, -0.2) is 9.78 Å². The Hall–Kier alpha value is -0.890. The maximum atomic E-state index is 11.7. The lowest BCUT2D eigenvalue weighted by atomic mass is 10.2. The quantitative estimate of drug-likeness (QED) is 0.655. The number of pyridine rings is 1. The molecule has 5 nitrogen and oxygen atoms in total. The van der Waals surface area contributed by atoms with Gasteiger partial charge in [-0.3, -0.25) is 0 Å². The van der Waals surface area contributed by atoms with Gasteiger partial charge >= 0.3 is 5.97 Å². The van der Waals surface area contributed by atoms with Crippen LogP contribution >= 0.6 is 22.6 Å². The molecular weight excluding hydrogens is 349 g/mol. The molecule has 2 unspecified atom stereocenters. The van der Waals surface area contributed by atoms with Crippen LogP contribution in [0.2, 0.25) is 0 Å². The zero-order valence-corrected chi connectivity index (χ0v) is 12.1. The molecule has 2 rings (SSSR count). The van der Waals surface area contributed by atoms with Crippen molar-refractivity contribution in [2.24, 2.45) is 0 Å². The highest BCUT2D eigenvalue weighted by atomic mass is 127. The molecule has 1 N–H and O–H groups in total. The van der Waals surface area contributed by atoms with Gasteiger partial charge < -0.3 is 14.6 Å². The van der Waals surface area contributed by atoms with Crippen molar-refractivity contribution in [3.05, 3.63) is 21.4 Å². The molecule has 1 aromatic heterocycles. The van der Waals surface area contributed by atoms with Gasteiger partial charge in [-0.05, 0) is 47.9 Å². The number of aliphatic hydroxyl groups excluding tert-OH is 1. The summed E-state index contributed by atoms with van der Waals surface area (Å²) in [6.45, 7) is 0. The summed E-state index contributed by atoms with van der Waals surface area (Å²) in [5.41, 5.74) is 0.319. The predicted molar refractivity (Wildman–Crippen MR) is 72.6 cm³/mol. The van der Waals surface area contributed by atoms with Gasteiger partial charge in [0.1, 0.15) is 11.7 Å². The van der Waals surface area contributed by atoms with E-state index in [4.69, 9.17) is 9.47 Å². The van der Waals surface area contributed by atoms with Gasteiger partial charge in [-0.15, -0.1) is 0 Å². The van der Waals surface area contributed by atoms with Gasteiger partial charge in [0.15, 0.2) is 0 Å². The standard InChI is InChI=1S/C12H14INO4/c1-17-12(16)10-7(13)5-6-14-11(10)18-9-4-2-3-8(9)15/h5-6,8-9,15H,2-4H2,1H3. The maximum Gasteiger partial charge on any atom is 0.344 e. The molecule has 0 aromatic carbocycles. The lowest BCUT2D eigenvalue weighted by Gasteiger charge is -2.18. The molecule has 18 heavy (non-hydrogen) atoms. The van der Waals surface area contributed by atoms with Crippen LogP contribution in [-0.2, 0) is 4.74 Å². The smallest absolute Gasteiger partial charge is 0.344 e. The Bertz CT molecular complexity index is 452. The lowest BCUT2D eigenvalue weighted by molar-refractivity contribution is 0.0501. The van der Waals surface area contributed by atoms with Crippen LogP contribution in [0, 0.1) is 3.57 Å². The van der Waals surface area contributed by atoms with Gasteiger partial charge in [-0.2, -0.15) is 0 Å². The van der Waals surface area contributed by atoms with E-state index < -0.39 is 12.1 Å². The fourth-order valence-electron chi connectivity index (χ4n) is 1.98. The second-order valence-corrected chi connectivity index (χ2v) is 5.28. The Labute approximate surface area is 119 Å². The van der Waals surface area contributed by atoms with E-state index >= 15 is 0 Å². The number of methoxy groups -OCH3 is 1. The van der Waals surface area contributed by atoms with Crippen LogP contribution in [0.3, 0.4) is 0 Å². The molecule has 0 aliphatic heterocycles. The van der Waals surface area contributed by atoms with Gasteiger partial charge in [0.25, 0.3) is 0 Å². The number of rotatable bonds is 3. The average molecular weight is 363 g/mol. The highest BCUT2D eigenvalue weighted by Gasteiger charge is 2.29. The number of halogens is 1. The number of nitrogens with zero attached hydrogens (tertiary/aromatic N) is 1. The molecule has 0 amide bonds. The fourth-order valence-corrected chi connectivity index (χ4v) is 2.60. The van der Waals surface area contributed by atoms with Gasteiger partial charge in [-0.1, -0.05) is 0 Å². The molecule has 0 spiro atoms. The fraction of sp³-hybridized carbons (Fsp3) is 0.500. The second kappa shape index (κ2) is 5.83. The number of carbonyl (C=O) groups excluding carboxylic acids is 1. The molecule has 1 aliphatic rings. The van der Waals surface area contributed by atoms with Crippen molar-refractivity contribution in [1.29, 1.82) is 0 Å². The van der Waals surface area contributed by atoms with Crippen LogP contribution in [0.15, 0.2) is 12.3 Å². The second-order valence-electron chi connectivity index (χ2n) is 4.12. The van der Waals surface area contributed by atoms with Crippen molar-refractivity contribution in [1.82, 2.24) is 4.98 Å². The first-order chi connectivity index (χ1) is 8.63. The summed E-state index contributed by atoms with van der Waals surface area (Å²) in [4.78, 5) is 15.8. The summed E-state index contributed by atoms with van der Waals surface area (Å²) in [5.74, 6) is -0.241. The Balaban J connectivity index is 2.26. The maximum absolute atomic E-state index is 11.7. The van der Waals surface area contributed by atoms with E-state index in [0.717, 1.165) is 22.8 Å². The normalized spacial score (nSPS) is 22.8. The van der Waals surface area contributed by atoms with E-state index in [9.17, 15) is 9.90 Å². The Morgan fingerprint density at radius 3 is 2.94 bits per heavy atom. The first-order valence-electron chi connectivity index (χ1n) is 5.71. The zero-order valence-electron chi connectivity index (χ0n) is 9.93. The number of carbonyl (C=O) groups is 1. The summed E-state index contributed by atoms with van der Waals surface area (Å²) < 4.78 is 11.1. The van der Waals surface area contributed by atoms with E-state index in [1.54, 1.807) is 12.3 Å². The molecule has 0 radical (unpaired) electrons. The van der Waals surface area contributed by atoms with E-state index in [1.807, 2.05) is 22.6 Å². The number of ether oxygens (including phenoxy) is 2. The molecule has 1 fully saturated rings. The molecule has 6 heteroatoms. The number of hydrogen-bond donors (Lipinski definition) is 1. The largest absolute Gasteiger partial charge is 0.471 e.